The van der Waals surface area contributed by atoms with Crippen molar-refractivity contribution in [3.8, 4) is 0 Å². The number of rotatable bonds is 11. The summed E-state index contributed by atoms with van der Waals surface area (Å²) in [4.78, 5) is 17.2. The van der Waals surface area contributed by atoms with Crippen molar-refractivity contribution in [3.05, 3.63) is 88.2 Å². The van der Waals surface area contributed by atoms with Crippen molar-refractivity contribution in [2.24, 2.45) is 10.2 Å². The predicted octanol–water partition coefficient (Wildman–Crippen LogP) is 5.34. The molecule has 0 aliphatic heterocycles. The molecule has 10 nitrogen and oxygen atoms in total. The van der Waals surface area contributed by atoms with Gasteiger partial charge in [0.15, 0.2) is 0 Å². The minimum absolute atomic E-state index is 0.00997. The Kier molecular flexibility index (Phi) is 8.34. The van der Waals surface area contributed by atoms with Crippen molar-refractivity contribution < 1.29 is 15.1 Å². The van der Waals surface area contributed by atoms with E-state index in [1.807, 2.05) is 77.1 Å². The third-order valence-electron chi connectivity index (χ3n) is 5.84. The number of nitro groups is 1. The number of aryl methyl sites for hydroxylation is 1. The second kappa shape index (κ2) is 12.0. The van der Waals surface area contributed by atoms with Gasteiger partial charge in [-0.05, 0) is 61.0 Å². The highest BCUT2D eigenvalue weighted by atomic mass is 16.6. The summed E-state index contributed by atoms with van der Waals surface area (Å²) in [5.74, 6) is 0.724. The van der Waals surface area contributed by atoms with Crippen molar-refractivity contribution in [2.75, 3.05) is 31.2 Å². The number of azo groups is 1. The molecule has 0 saturated heterocycles. The van der Waals surface area contributed by atoms with Crippen LogP contribution in [-0.4, -0.2) is 51.0 Å². The molecule has 0 aliphatic rings. The summed E-state index contributed by atoms with van der Waals surface area (Å²) < 4.78 is 1.94. The summed E-state index contributed by atoms with van der Waals surface area (Å²) in [5.41, 5.74) is 4.74. The van der Waals surface area contributed by atoms with E-state index in [1.54, 1.807) is 12.1 Å². The van der Waals surface area contributed by atoms with Crippen molar-refractivity contribution in [1.29, 1.82) is 0 Å². The van der Waals surface area contributed by atoms with E-state index in [0.29, 0.717) is 36.5 Å². The van der Waals surface area contributed by atoms with Gasteiger partial charge in [-0.2, -0.15) is 10.2 Å². The number of hydrogen-bond acceptors (Lipinski definition) is 8. The van der Waals surface area contributed by atoms with Crippen LogP contribution in [0.15, 0.2) is 77.0 Å². The fourth-order valence-electron chi connectivity index (χ4n) is 3.98. The molecular formula is C27H28N6O4. The Morgan fingerprint density at radius 2 is 1.57 bits per heavy atom. The van der Waals surface area contributed by atoms with Crippen LogP contribution < -0.4 is 4.90 Å². The summed E-state index contributed by atoms with van der Waals surface area (Å²) >= 11 is 0. The molecule has 0 radical (unpaired) electrons. The zero-order valence-electron chi connectivity index (χ0n) is 20.4. The summed E-state index contributed by atoms with van der Waals surface area (Å²) in [6, 6.07) is 19.7. The van der Waals surface area contributed by atoms with E-state index >= 15 is 0 Å². The van der Waals surface area contributed by atoms with Crippen LogP contribution in [-0.2, 0) is 6.54 Å². The van der Waals surface area contributed by atoms with E-state index in [9.17, 15) is 20.3 Å². The lowest BCUT2D eigenvalue weighted by Crippen LogP contribution is -2.29. The van der Waals surface area contributed by atoms with E-state index < -0.39 is 4.92 Å². The first-order chi connectivity index (χ1) is 18.0. The lowest BCUT2D eigenvalue weighted by atomic mass is 10.2. The maximum absolute atomic E-state index is 11.1. The standard InChI is InChI=1S/C27H28N6O4/c1-2-32-26-19-24(33(36)37)12-13-25(26)28-27(32)14-5-20-3-6-21(7-4-20)29-30-22-8-10-23(11-9-22)31(15-17-34)16-18-35/h3-14,19,34-35H,2,15-18H2,1H3/b14-5+,30-29?. The van der Waals surface area contributed by atoms with E-state index in [1.165, 1.54) is 6.07 Å². The molecule has 2 N–H and O–H groups in total. The summed E-state index contributed by atoms with van der Waals surface area (Å²) in [5, 5.41) is 38.1. The topological polar surface area (TPSA) is 129 Å². The molecule has 4 rings (SSSR count). The average molecular weight is 501 g/mol. The number of non-ortho nitro benzene ring substituents is 1. The lowest BCUT2D eigenvalue weighted by molar-refractivity contribution is -0.384. The molecule has 4 aromatic rings. The van der Waals surface area contributed by atoms with Crippen molar-refractivity contribution >= 4 is 45.9 Å². The maximum atomic E-state index is 11.1. The fourth-order valence-corrected chi connectivity index (χ4v) is 3.98. The van der Waals surface area contributed by atoms with Crippen LogP contribution in [0.25, 0.3) is 23.2 Å². The predicted molar refractivity (Wildman–Crippen MR) is 144 cm³/mol. The minimum atomic E-state index is -0.401. The number of fused-ring (bicyclic) bond motifs is 1. The zero-order valence-corrected chi connectivity index (χ0v) is 20.4. The smallest absolute Gasteiger partial charge is 0.271 e. The van der Waals surface area contributed by atoms with Crippen LogP contribution in [0.1, 0.15) is 18.3 Å². The van der Waals surface area contributed by atoms with Gasteiger partial charge in [0.2, 0.25) is 0 Å². The van der Waals surface area contributed by atoms with Gasteiger partial charge in [-0.3, -0.25) is 10.1 Å². The number of anilines is 1. The lowest BCUT2D eigenvalue weighted by Gasteiger charge is -2.22. The summed E-state index contributed by atoms with van der Waals surface area (Å²) in [7, 11) is 0. The monoisotopic (exact) mass is 500 g/mol. The quantitative estimate of drug-likeness (QED) is 0.162. The van der Waals surface area contributed by atoms with Gasteiger partial charge in [0.1, 0.15) is 5.82 Å². The van der Waals surface area contributed by atoms with Gasteiger partial charge in [0.05, 0.1) is 40.5 Å². The third kappa shape index (κ3) is 6.24. The van der Waals surface area contributed by atoms with Gasteiger partial charge in [0.25, 0.3) is 5.69 Å². The SMILES string of the molecule is CCn1c(/C=C/c2ccc(N=Nc3ccc(N(CCO)CCO)cc3)cc2)nc2ccc([N+](=O)[O-])cc21. The highest BCUT2D eigenvalue weighted by Crippen LogP contribution is 2.25. The van der Waals surface area contributed by atoms with Gasteiger partial charge in [-0.25, -0.2) is 4.98 Å². The first kappa shape index (κ1) is 25.7. The molecule has 1 aromatic heterocycles. The molecule has 10 heteroatoms. The van der Waals surface area contributed by atoms with Gasteiger partial charge in [-0.1, -0.05) is 18.2 Å². The number of aliphatic hydroxyl groups is 2. The zero-order chi connectivity index (χ0) is 26.2. The second-order valence-electron chi connectivity index (χ2n) is 8.22. The van der Waals surface area contributed by atoms with E-state index in [0.717, 1.165) is 22.6 Å². The number of aromatic nitrogens is 2. The molecule has 0 unspecified atom stereocenters. The Morgan fingerprint density at radius 3 is 2.14 bits per heavy atom. The summed E-state index contributed by atoms with van der Waals surface area (Å²) in [6.45, 7) is 3.53. The molecule has 37 heavy (non-hydrogen) atoms. The number of nitro benzene ring substituents is 1. The third-order valence-corrected chi connectivity index (χ3v) is 5.84. The Bertz CT molecular complexity index is 1410. The molecule has 3 aromatic carbocycles. The Hall–Kier alpha value is -4.41. The van der Waals surface area contributed by atoms with Crippen molar-refractivity contribution in [3.63, 3.8) is 0 Å². The summed E-state index contributed by atoms with van der Waals surface area (Å²) in [6.07, 6.45) is 3.83. The first-order valence-electron chi connectivity index (χ1n) is 11.9. The van der Waals surface area contributed by atoms with Crippen LogP contribution in [0.3, 0.4) is 0 Å². The highest BCUT2D eigenvalue weighted by Gasteiger charge is 2.12. The molecule has 0 aliphatic carbocycles. The number of benzene rings is 3. The van der Waals surface area contributed by atoms with Gasteiger partial charge < -0.3 is 19.7 Å². The van der Waals surface area contributed by atoms with Gasteiger partial charge in [-0.15, -0.1) is 0 Å². The number of nitrogens with zero attached hydrogens (tertiary/aromatic N) is 6. The van der Waals surface area contributed by atoms with Crippen molar-refractivity contribution in [1.82, 2.24) is 9.55 Å². The van der Waals surface area contributed by atoms with Crippen LogP contribution in [0.5, 0.6) is 0 Å². The molecule has 0 spiro atoms. The van der Waals surface area contributed by atoms with Crippen LogP contribution in [0.2, 0.25) is 0 Å². The molecule has 0 saturated carbocycles. The largest absolute Gasteiger partial charge is 0.395 e. The van der Waals surface area contributed by atoms with E-state index in [4.69, 9.17) is 0 Å². The Balaban J connectivity index is 1.44. The van der Waals surface area contributed by atoms with Gasteiger partial charge >= 0.3 is 0 Å². The number of imidazole rings is 1. The van der Waals surface area contributed by atoms with Gasteiger partial charge in [0, 0.05) is 37.5 Å². The van der Waals surface area contributed by atoms with E-state index in [2.05, 4.69) is 15.2 Å². The number of aliphatic hydroxyl groups excluding tert-OH is 2. The van der Waals surface area contributed by atoms with Crippen molar-refractivity contribution in [2.45, 2.75) is 13.5 Å². The fraction of sp³-hybridized carbons (Fsp3) is 0.222. The Morgan fingerprint density at radius 1 is 0.946 bits per heavy atom. The molecule has 0 amide bonds. The van der Waals surface area contributed by atoms with Crippen LogP contribution >= 0.6 is 0 Å². The molecule has 1 heterocycles. The Labute approximate surface area is 214 Å². The molecule has 0 fully saturated rings. The maximum Gasteiger partial charge on any atom is 0.271 e. The molecular weight excluding hydrogens is 472 g/mol. The normalized spacial score (nSPS) is 11.6. The average Bonchev–Trinajstić information content (AvgIpc) is 3.28. The molecule has 0 atom stereocenters. The molecule has 0 bridgehead atoms. The number of hydrogen-bond donors (Lipinski definition) is 2. The van der Waals surface area contributed by atoms with Crippen LogP contribution in [0, 0.1) is 10.1 Å². The second-order valence-corrected chi connectivity index (χ2v) is 8.22. The molecule has 190 valence electrons. The minimum Gasteiger partial charge on any atom is -0.395 e. The first-order valence-corrected chi connectivity index (χ1v) is 11.9. The highest BCUT2D eigenvalue weighted by molar-refractivity contribution is 5.82. The van der Waals surface area contributed by atoms with E-state index in [-0.39, 0.29) is 18.9 Å². The van der Waals surface area contributed by atoms with Crippen LogP contribution in [0.4, 0.5) is 22.7 Å².